The van der Waals surface area contributed by atoms with Crippen LogP contribution >= 0.6 is 0 Å². The van der Waals surface area contributed by atoms with Crippen LogP contribution in [0.15, 0.2) is 18.3 Å². The topological polar surface area (TPSA) is 46.2 Å². The first-order valence-electron chi connectivity index (χ1n) is 5.01. The Morgan fingerprint density at radius 3 is 3.14 bits per heavy atom. The molecule has 2 heterocycles. The molecule has 1 fully saturated rings. The van der Waals surface area contributed by atoms with Crippen molar-refractivity contribution in [3.8, 4) is 5.88 Å². The van der Waals surface area contributed by atoms with E-state index in [2.05, 4.69) is 15.8 Å². The molecule has 2 aliphatic rings. The van der Waals surface area contributed by atoms with Gasteiger partial charge in [0.05, 0.1) is 6.54 Å². The van der Waals surface area contributed by atoms with Crippen molar-refractivity contribution >= 4 is 5.69 Å². The van der Waals surface area contributed by atoms with Gasteiger partial charge in [0.2, 0.25) is 5.88 Å². The van der Waals surface area contributed by atoms with Gasteiger partial charge in [-0.2, -0.15) is 0 Å². The number of aromatic nitrogens is 1. The van der Waals surface area contributed by atoms with Crippen LogP contribution in [0.4, 0.5) is 5.69 Å². The number of ether oxygens (including phenoxy) is 1. The van der Waals surface area contributed by atoms with Gasteiger partial charge in [0.25, 0.3) is 0 Å². The first-order valence-corrected chi connectivity index (χ1v) is 5.01. The molecule has 2 N–H and O–H groups in total. The van der Waals surface area contributed by atoms with Crippen LogP contribution in [0.1, 0.15) is 19.3 Å². The molecule has 0 atom stereocenters. The van der Waals surface area contributed by atoms with Crippen molar-refractivity contribution < 1.29 is 4.74 Å². The maximum atomic E-state index is 5.94. The number of hydrogen-bond acceptors (Lipinski definition) is 4. The van der Waals surface area contributed by atoms with Crippen molar-refractivity contribution in [1.82, 2.24) is 10.4 Å². The Labute approximate surface area is 82.6 Å². The van der Waals surface area contributed by atoms with Crippen molar-refractivity contribution in [3.05, 3.63) is 18.3 Å². The van der Waals surface area contributed by atoms with E-state index in [1.807, 2.05) is 12.1 Å². The van der Waals surface area contributed by atoms with E-state index in [1.54, 1.807) is 6.20 Å². The van der Waals surface area contributed by atoms with Gasteiger partial charge in [0.15, 0.2) is 0 Å². The van der Waals surface area contributed by atoms with Crippen LogP contribution in [-0.2, 0) is 0 Å². The molecule has 3 rings (SSSR count). The van der Waals surface area contributed by atoms with E-state index in [0.29, 0.717) is 0 Å². The Bertz CT molecular complexity index is 349. The third kappa shape index (κ3) is 1.14. The summed E-state index contributed by atoms with van der Waals surface area (Å²) in [6.07, 6.45) is 5.26. The van der Waals surface area contributed by atoms with E-state index in [-0.39, 0.29) is 5.60 Å². The summed E-state index contributed by atoms with van der Waals surface area (Å²) in [5.41, 5.74) is 7.21. The van der Waals surface area contributed by atoms with Crippen LogP contribution in [-0.4, -0.2) is 17.1 Å². The normalized spacial score (nSPS) is 22.6. The van der Waals surface area contributed by atoms with Gasteiger partial charge < -0.3 is 10.2 Å². The number of anilines is 1. The summed E-state index contributed by atoms with van der Waals surface area (Å²) in [7, 11) is 0. The highest BCUT2D eigenvalue weighted by Crippen LogP contribution is 2.38. The highest BCUT2D eigenvalue weighted by molar-refractivity contribution is 5.52. The monoisotopic (exact) mass is 191 g/mol. The van der Waals surface area contributed by atoms with Crippen molar-refractivity contribution in [2.45, 2.75) is 24.9 Å². The summed E-state index contributed by atoms with van der Waals surface area (Å²) in [6.45, 7) is 0.851. The second-order valence-electron chi connectivity index (χ2n) is 3.97. The van der Waals surface area contributed by atoms with Crippen LogP contribution in [0.2, 0.25) is 0 Å². The molecule has 0 bridgehead atoms. The van der Waals surface area contributed by atoms with Crippen LogP contribution in [0.25, 0.3) is 0 Å². The third-order valence-electron chi connectivity index (χ3n) is 2.98. The van der Waals surface area contributed by atoms with E-state index >= 15 is 0 Å². The standard InChI is InChI=1S/C10H13N3O/c1-3-8-9(11-6-1)14-10(4-2-5-10)7-12-13-8/h1,3,6,12-13H,2,4-5,7H2. The molecule has 1 saturated carbocycles. The Balaban J connectivity index is 1.94. The predicted octanol–water partition coefficient (Wildman–Crippen LogP) is 1.31. The van der Waals surface area contributed by atoms with Crippen LogP contribution < -0.4 is 15.6 Å². The van der Waals surface area contributed by atoms with Gasteiger partial charge in [-0.1, -0.05) is 0 Å². The molecule has 1 aromatic rings. The van der Waals surface area contributed by atoms with Gasteiger partial charge in [0.1, 0.15) is 11.3 Å². The van der Waals surface area contributed by atoms with Crippen molar-refractivity contribution in [3.63, 3.8) is 0 Å². The lowest BCUT2D eigenvalue weighted by atomic mass is 9.80. The van der Waals surface area contributed by atoms with Crippen LogP contribution in [0.5, 0.6) is 5.88 Å². The molecule has 0 unspecified atom stereocenters. The van der Waals surface area contributed by atoms with E-state index in [4.69, 9.17) is 4.74 Å². The highest BCUT2D eigenvalue weighted by Gasteiger charge is 2.41. The molecule has 0 saturated heterocycles. The fourth-order valence-corrected chi connectivity index (χ4v) is 1.96. The van der Waals surface area contributed by atoms with Crippen molar-refractivity contribution in [1.29, 1.82) is 0 Å². The lowest BCUT2D eigenvalue weighted by Gasteiger charge is -2.39. The molecule has 74 valence electrons. The molecule has 1 aliphatic carbocycles. The molecule has 1 aliphatic heterocycles. The van der Waals surface area contributed by atoms with E-state index in [9.17, 15) is 0 Å². The number of fused-ring (bicyclic) bond motifs is 1. The SMILES string of the molecule is c1cnc2c(c1)NNCC1(CCC1)O2. The second-order valence-corrected chi connectivity index (χ2v) is 3.97. The lowest BCUT2D eigenvalue weighted by molar-refractivity contribution is -0.00399. The molecular weight excluding hydrogens is 178 g/mol. The zero-order chi connectivity index (χ0) is 9.43. The highest BCUT2D eigenvalue weighted by atomic mass is 16.5. The molecule has 4 nitrogen and oxygen atoms in total. The van der Waals surface area contributed by atoms with E-state index < -0.39 is 0 Å². The summed E-state index contributed by atoms with van der Waals surface area (Å²) < 4.78 is 5.94. The fourth-order valence-electron chi connectivity index (χ4n) is 1.96. The minimum atomic E-state index is -0.00734. The van der Waals surface area contributed by atoms with Gasteiger partial charge in [0, 0.05) is 6.20 Å². The summed E-state index contributed by atoms with van der Waals surface area (Å²) in [4.78, 5) is 4.23. The second kappa shape index (κ2) is 2.85. The van der Waals surface area contributed by atoms with Gasteiger partial charge >= 0.3 is 0 Å². The number of pyridine rings is 1. The van der Waals surface area contributed by atoms with Crippen molar-refractivity contribution in [2.75, 3.05) is 12.0 Å². The Hall–Kier alpha value is -1.29. The molecule has 14 heavy (non-hydrogen) atoms. The lowest BCUT2D eigenvalue weighted by Crippen LogP contribution is -2.50. The van der Waals surface area contributed by atoms with E-state index in [1.165, 1.54) is 6.42 Å². The van der Waals surface area contributed by atoms with Gasteiger partial charge in [-0.05, 0) is 31.4 Å². The minimum absolute atomic E-state index is 0.00734. The number of hydrogen-bond donors (Lipinski definition) is 2. The molecule has 0 radical (unpaired) electrons. The first-order chi connectivity index (χ1) is 6.88. The molecule has 0 amide bonds. The third-order valence-corrected chi connectivity index (χ3v) is 2.98. The Kier molecular flexibility index (Phi) is 1.64. The molecule has 4 heteroatoms. The summed E-state index contributed by atoms with van der Waals surface area (Å²) >= 11 is 0. The summed E-state index contributed by atoms with van der Waals surface area (Å²) in [6, 6.07) is 3.86. The first kappa shape index (κ1) is 8.05. The van der Waals surface area contributed by atoms with Gasteiger partial charge in [-0.15, -0.1) is 0 Å². The molecule has 0 aromatic carbocycles. The number of nitrogens with zero attached hydrogens (tertiary/aromatic N) is 1. The number of nitrogens with one attached hydrogen (secondary N) is 2. The maximum Gasteiger partial charge on any atom is 0.239 e. The van der Waals surface area contributed by atoms with E-state index in [0.717, 1.165) is 31.0 Å². The zero-order valence-corrected chi connectivity index (χ0v) is 7.92. The Morgan fingerprint density at radius 1 is 1.43 bits per heavy atom. The fraction of sp³-hybridized carbons (Fsp3) is 0.500. The number of hydrazine groups is 1. The van der Waals surface area contributed by atoms with Crippen molar-refractivity contribution in [2.24, 2.45) is 0 Å². The summed E-state index contributed by atoms with van der Waals surface area (Å²) in [5.74, 6) is 0.720. The average molecular weight is 191 g/mol. The quantitative estimate of drug-likeness (QED) is 0.649. The smallest absolute Gasteiger partial charge is 0.239 e. The zero-order valence-electron chi connectivity index (χ0n) is 7.92. The molecule has 1 aromatic heterocycles. The number of rotatable bonds is 0. The Morgan fingerprint density at radius 2 is 2.36 bits per heavy atom. The summed E-state index contributed by atoms with van der Waals surface area (Å²) in [5, 5.41) is 0. The predicted molar refractivity (Wildman–Crippen MR) is 53.1 cm³/mol. The minimum Gasteiger partial charge on any atom is -0.468 e. The largest absolute Gasteiger partial charge is 0.468 e. The molecule has 1 spiro atoms. The van der Waals surface area contributed by atoms with Crippen LogP contribution in [0, 0.1) is 0 Å². The van der Waals surface area contributed by atoms with Gasteiger partial charge in [-0.3, -0.25) is 0 Å². The molecular formula is C10H13N3O. The van der Waals surface area contributed by atoms with Gasteiger partial charge in [-0.25, -0.2) is 10.4 Å². The average Bonchev–Trinajstić information content (AvgIpc) is 2.35. The maximum absolute atomic E-state index is 5.94. The van der Waals surface area contributed by atoms with Crippen LogP contribution in [0.3, 0.4) is 0 Å².